The van der Waals surface area contributed by atoms with Crippen molar-refractivity contribution in [2.24, 2.45) is 35.5 Å². The highest BCUT2D eigenvalue weighted by Gasteiger charge is 2.45. The number of aliphatic hydroxyl groups is 2. The molecule has 0 bridgehead atoms. The van der Waals surface area contributed by atoms with Gasteiger partial charge >= 0.3 is 35.8 Å². The first-order valence-electron chi connectivity index (χ1n) is 46.1. The Morgan fingerprint density at radius 2 is 0.695 bits per heavy atom. The molecule has 37 heteroatoms. The standard InChI is InChI=1S/C34H60N4O7SSi.2C28H46N4O7S.CH4/c1-10-17-29(39)44-22-38(33(41)30(24(8)11-2)36-31(40)26-18-15-16-19-37(26)9)27(23(6)7)20-28(45-47(12-3,13-4)14-5)32-35-25(21-46-32)34(42)43;2*1-7-11-23(34)39-16-32(21(17(3)4)14-22(33)26-29-19(15-40-26)28(37)38)27(36)24(18(5)8-2)30-25(35)20-12-9-10-13-31(20)6;/h21,23-24,26-28,30H,10-20,22H2,1-9H3,(H,36,40)(H,42,43);2*15,17-18,20-22,24,33H,7-14,16H2,1-6H3,(H,30,35)(H,37,38);1H4/t24?,26-,27-,28-,30+;2*18?,20-,21-,22-,24+;/m111./s1. The quantitative estimate of drug-likeness (QED) is 0.0113. The van der Waals surface area contributed by atoms with Crippen molar-refractivity contribution in [3.8, 4) is 0 Å². The van der Waals surface area contributed by atoms with Gasteiger partial charge in [0.15, 0.2) is 45.6 Å². The van der Waals surface area contributed by atoms with Gasteiger partial charge in [-0.3, -0.25) is 57.9 Å². The van der Waals surface area contributed by atoms with Gasteiger partial charge in [-0.1, -0.05) is 171 Å². The van der Waals surface area contributed by atoms with E-state index >= 15 is 0 Å². The molecule has 0 saturated carbocycles. The lowest BCUT2D eigenvalue weighted by Crippen LogP contribution is -2.59. The van der Waals surface area contributed by atoms with Crippen LogP contribution in [0.15, 0.2) is 16.1 Å². The molecular weight excluding hydrogens is 1720 g/mol. The van der Waals surface area contributed by atoms with E-state index in [1.807, 2.05) is 140 Å². The molecule has 6 rings (SSSR count). The van der Waals surface area contributed by atoms with Crippen molar-refractivity contribution in [2.45, 2.75) is 358 Å². The zero-order chi connectivity index (χ0) is 95.3. The van der Waals surface area contributed by atoms with Crippen molar-refractivity contribution in [3.05, 3.63) is 48.2 Å². The Labute approximate surface area is 773 Å². The van der Waals surface area contributed by atoms with Crippen molar-refractivity contribution < 1.29 is 102 Å². The van der Waals surface area contributed by atoms with Gasteiger partial charge in [0.2, 0.25) is 35.4 Å². The highest BCUT2D eigenvalue weighted by molar-refractivity contribution is 7.10. The van der Waals surface area contributed by atoms with Crippen LogP contribution in [-0.2, 0) is 61.8 Å². The maximum absolute atomic E-state index is 14.7. The summed E-state index contributed by atoms with van der Waals surface area (Å²) in [7, 11) is 3.55. The zero-order valence-electron chi connectivity index (χ0n) is 79.4. The molecule has 0 spiro atoms. The smallest absolute Gasteiger partial charge is 0.355 e. The number of carbonyl (C=O) groups excluding carboxylic acids is 9. The number of hydrogen-bond donors (Lipinski definition) is 8. The fourth-order valence-corrected chi connectivity index (χ4v) is 21.4. The zero-order valence-corrected chi connectivity index (χ0v) is 82.8. The molecule has 15 atom stereocenters. The van der Waals surface area contributed by atoms with E-state index in [0.29, 0.717) is 50.0 Å². The number of carboxylic acids is 3. The number of esters is 3. The summed E-state index contributed by atoms with van der Waals surface area (Å²) in [5.41, 5.74) is -0.354. The van der Waals surface area contributed by atoms with Crippen molar-refractivity contribution in [3.63, 3.8) is 0 Å². The summed E-state index contributed by atoms with van der Waals surface area (Å²) in [4.78, 5) is 178. The lowest BCUT2D eigenvalue weighted by atomic mass is 9.92. The normalized spacial score (nSPS) is 18.6. The number of likely N-dealkylation sites (N-methyl/N-ethyl adjacent to an activating group) is 3. The molecule has 3 aliphatic rings. The van der Waals surface area contributed by atoms with Gasteiger partial charge < -0.3 is 74.8 Å². The van der Waals surface area contributed by atoms with Crippen LogP contribution in [0.25, 0.3) is 0 Å². The minimum atomic E-state index is -2.22. The Bertz CT molecular complexity index is 3770. The van der Waals surface area contributed by atoms with Crippen LogP contribution >= 0.6 is 34.0 Å². The summed E-state index contributed by atoms with van der Waals surface area (Å²) in [5.74, 6) is -7.40. The highest BCUT2D eigenvalue weighted by atomic mass is 32.1. The molecule has 3 fully saturated rings. The molecule has 3 aromatic rings. The molecule has 0 radical (unpaired) electrons. The van der Waals surface area contributed by atoms with Gasteiger partial charge in [-0.25, -0.2) is 29.3 Å². The fourth-order valence-electron chi connectivity index (χ4n) is 16.0. The summed E-state index contributed by atoms with van der Waals surface area (Å²) in [6.07, 6.45) is 10.1. The molecule has 128 heavy (non-hydrogen) atoms. The first kappa shape index (κ1) is 115. The number of ether oxygens (including phenoxy) is 3. The second-order valence-corrected chi connectivity index (χ2v) is 42.7. The summed E-state index contributed by atoms with van der Waals surface area (Å²) in [5, 5.41) is 64.5. The number of aromatic nitrogens is 3. The van der Waals surface area contributed by atoms with Crippen molar-refractivity contribution >= 4 is 114 Å². The van der Waals surface area contributed by atoms with Gasteiger partial charge in [0, 0.05) is 66.4 Å². The van der Waals surface area contributed by atoms with E-state index in [1.54, 1.807) is 4.90 Å². The van der Waals surface area contributed by atoms with Crippen molar-refractivity contribution in [1.29, 1.82) is 0 Å². The molecular formula is C91H156N12O21S3Si. The Hall–Kier alpha value is -7.49. The number of nitrogens with one attached hydrogen (secondary N) is 3. The second kappa shape index (κ2) is 57.7. The highest BCUT2D eigenvalue weighted by Crippen LogP contribution is 2.38. The first-order chi connectivity index (χ1) is 60.1. The van der Waals surface area contributed by atoms with Crippen LogP contribution in [0.4, 0.5) is 0 Å². The average Bonchev–Trinajstić information content (AvgIpc) is 1.27. The molecule has 0 aromatic carbocycles. The Morgan fingerprint density at radius 1 is 0.430 bits per heavy atom. The van der Waals surface area contributed by atoms with Crippen molar-refractivity contribution in [1.82, 2.24) is 60.3 Å². The molecule has 0 aliphatic carbocycles. The monoisotopic (exact) mass is 1880 g/mol. The number of nitrogens with zero attached hydrogens (tertiary/aromatic N) is 9. The number of aliphatic hydroxyl groups excluding tert-OH is 2. The van der Waals surface area contributed by atoms with E-state index in [9.17, 15) is 83.1 Å². The van der Waals surface area contributed by atoms with Crippen LogP contribution in [0.5, 0.6) is 0 Å². The van der Waals surface area contributed by atoms with Gasteiger partial charge in [0.1, 0.15) is 45.4 Å². The number of rotatable bonds is 50. The third-order valence-electron chi connectivity index (χ3n) is 25.1. The summed E-state index contributed by atoms with van der Waals surface area (Å²) in [6, 6.07) is -2.45. The summed E-state index contributed by atoms with van der Waals surface area (Å²) >= 11 is 3.31. The molecule has 8 N–H and O–H groups in total. The minimum absolute atomic E-state index is 0. The van der Waals surface area contributed by atoms with Crippen LogP contribution < -0.4 is 16.0 Å². The Kier molecular flexibility index (Phi) is 51.7. The Morgan fingerprint density at radius 3 is 0.930 bits per heavy atom. The maximum atomic E-state index is 14.7. The molecule has 6 heterocycles. The average molecular weight is 1880 g/mol. The maximum Gasteiger partial charge on any atom is 0.355 e. The number of carboxylic acid groups (broad SMARTS) is 3. The van der Waals surface area contributed by atoms with Gasteiger partial charge in [0.05, 0.1) is 24.2 Å². The van der Waals surface area contributed by atoms with Crippen LogP contribution in [0.1, 0.15) is 332 Å². The van der Waals surface area contributed by atoms with E-state index in [4.69, 9.17) is 18.6 Å². The lowest BCUT2D eigenvalue weighted by Gasteiger charge is -2.41. The minimum Gasteiger partial charge on any atom is -0.476 e. The molecule has 33 nitrogen and oxygen atoms in total. The molecule has 728 valence electrons. The predicted octanol–water partition coefficient (Wildman–Crippen LogP) is 14.0. The van der Waals surface area contributed by atoms with Gasteiger partial charge in [-0.15, -0.1) is 34.0 Å². The molecule has 3 saturated heterocycles. The predicted molar refractivity (Wildman–Crippen MR) is 498 cm³/mol. The van der Waals surface area contributed by atoms with E-state index in [1.165, 1.54) is 37.3 Å². The molecule has 6 amide bonds. The lowest BCUT2D eigenvalue weighted by molar-refractivity contribution is -0.160. The van der Waals surface area contributed by atoms with Crippen LogP contribution in [-0.4, -0.2) is 265 Å². The summed E-state index contributed by atoms with van der Waals surface area (Å²) < 4.78 is 23.7. The Balaban J connectivity index is 0.000000495. The van der Waals surface area contributed by atoms with Crippen LogP contribution in [0.3, 0.4) is 0 Å². The first-order valence-corrected chi connectivity index (χ1v) is 51.3. The van der Waals surface area contributed by atoms with E-state index in [0.717, 1.165) is 118 Å². The molecule has 3 unspecified atom stereocenters. The number of carbonyl (C=O) groups is 12. The number of hydrogen-bond acceptors (Lipinski definition) is 27. The SMILES string of the molecule is C.CCCC(=O)OCN(C(=O)[C@@H](NC(=O)[C@H]1CCCCN1C)C(C)CC)[C@H](C[C@@H](O)c1nc(C(=O)O)cs1)C(C)C.CCCC(=O)OCN(C(=O)[C@@H](NC(=O)[C@H]1CCCCN1C)C(C)CC)[C@H](C[C@@H](O)c1nc(C(=O)O)cs1)C(C)C.CCCC(=O)OCN(C(=O)[C@@H](NC(=O)[C@H]1CCCCN1C)C(C)CC)[C@H](C[C@@H](O[Si](CC)(CC)CC)c1nc(C(=O)O)cs1)C(C)C. The van der Waals surface area contributed by atoms with Crippen LogP contribution in [0.2, 0.25) is 18.1 Å². The molecule has 3 aromatic heterocycles. The summed E-state index contributed by atoms with van der Waals surface area (Å²) in [6.45, 7) is 36.8. The van der Waals surface area contributed by atoms with Gasteiger partial charge in [-0.2, -0.15) is 0 Å². The number of thiazole rings is 3. The fraction of sp³-hybridized carbons (Fsp3) is 0.769. The number of likely N-dealkylation sites (tertiary alicyclic amines) is 3. The number of amides is 6. The topological polar surface area (TPSA) is 437 Å². The second-order valence-electron chi connectivity index (χ2n) is 35.4. The largest absolute Gasteiger partial charge is 0.476 e. The van der Waals surface area contributed by atoms with Gasteiger partial charge in [0.25, 0.3) is 0 Å². The van der Waals surface area contributed by atoms with E-state index in [2.05, 4.69) is 51.7 Å². The van der Waals surface area contributed by atoms with E-state index < -0.39 is 98.7 Å². The van der Waals surface area contributed by atoms with E-state index in [-0.39, 0.29) is 176 Å². The molecule has 3 aliphatic heterocycles. The van der Waals surface area contributed by atoms with Gasteiger partial charge in [-0.05, 0) is 159 Å². The third kappa shape index (κ3) is 34.9. The number of aromatic carboxylic acids is 3. The van der Waals surface area contributed by atoms with Crippen LogP contribution in [0, 0.1) is 35.5 Å². The number of piperidine rings is 3. The third-order valence-corrected chi connectivity index (χ3v) is 32.6. The van der Waals surface area contributed by atoms with Crippen molar-refractivity contribution in [2.75, 3.05) is 61.0 Å².